The van der Waals surface area contributed by atoms with Crippen molar-refractivity contribution in [2.24, 2.45) is 0 Å². The standard InChI is InChI=1S/C23H31N3O2/c1-25(17-14-22(27)19-10-4-2-5-11-19)23(28)24-21-13-7-6-12-20(21)18-26-15-8-3-9-16-26/h2,4-7,10-13,22,27H,3,8-9,14-18H2,1H3,(H,24,28)/t22-/m1/s1. The molecule has 0 spiro atoms. The van der Waals surface area contributed by atoms with Crippen molar-refractivity contribution >= 4 is 11.7 Å². The number of anilines is 1. The first kappa shape index (κ1) is 20.4. The van der Waals surface area contributed by atoms with Crippen LogP contribution < -0.4 is 5.32 Å². The zero-order valence-electron chi connectivity index (χ0n) is 16.7. The SMILES string of the molecule is CN(CC[C@@H](O)c1ccccc1)C(=O)Nc1ccccc1CN1CCCCC1. The quantitative estimate of drug-likeness (QED) is 0.753. The van der Waals surface area contributed by atoms with Crippen LogP contribution in [0.3, 0.4) is 0 Å². The molecule has 0 radical (unpaired) electrons. The fraction of sp³-hybridized carbons (Fsp3) is 0.435. The first-order chi connectivity index (χ1) is 13.6. The van der Waals surface area contributed by atoms with Crippen molar-refractivity contribution < 1.29 is 9.90 Å². The molecule has 5 heteroatoms. The number of aliphatic hydroxyl groups excluding tert-OH is 1. The van der Waals surface area contributed by atoms with Crippen LogP contribution in [0.1, 0.15) is 42.9 Å². The fourth-order valence-electron chi connectivity index (χ4n) is 3.61. The maximum absolute atomic E-state index is 12.6. The van der Waals surface area contributed by atoms with E-state index in [0.29, 0.717) is 13.0 Å². The lowest BCUT2D eigenvalue weighted by Gasteiger charge is -2.27. The van der Waals surface area contributed by atoms with E-state index in [-0.39, 0.29) is 6.03 Å². The number of hydrogen-bond donors (Lipinski definition) is 2. The van der Waals surface area contributed by atoms with Crippen molar-refractivity contribution in [1.29, 1.82) is 0 Å². The molecule has 1 atom stereocenters. The van der Waals surface area contributed by atoms with Crippen LogP contribution >= 0.6 is 0 Å². The maximum atomic E-state index is 12.6. The van der Waals surface area contributed by atoms with Gasteiger partial charge in [0.05, 0.1) is 6.10 Å². The van der Waals surface area contributed by atoms with Crippen molar-refractivity contribution in [3.8, 4) is 0 Å². The van der Waals surface area contributed by atoms with Crippen molar-refractivity contribution in [3.63, 3.8) is 0 Å². The minimum Gasteiger partial charge on any atom is -0.388 e. The summed E-state index contributed by atoms with van der Waals surface area (Å²) in [6.07, 6.45) is 3.75. The van der Waals surface area contributed by atoms with Crippen LogP contribution in [-0.4, -0.2) is 47.6 Å². The summed E-state index contributed by atoms with van der Waals surface area (Å²) in [7, 11) is 1.76. The Kier molecular flexibility index (Phi) is 7.46. The van der Waals surface area contributed by atoms with Gasteiger partial charge < -0.3 is 15.3 Å². The number of urea groups is 1. The maximum Gasteiger partial charge on any atom is 0.321 e. The second-order valence-corrected chi connectivity index (χ2v) is 7.56. The van der Waals surface area contributed by atoms with Crippen LogP contribution in [0.15, 0.2) is 54.6 Å². The molecule has 0 bridgehead atoms. The molecule has 5 nitrogen and oxygen atoms in total. The molecule has 2 aromatic carbocycles. The molecular formula is C23H31N3O2. The predicted molar refractivity (Wildman–Crippen MR) is 113 cm³/mol. The van der Waals surface area contributed by atoms with Crippen LogP contribution in [0.2, 0.25) is 0 Å². The summed E-state index contributed by atoms with van der Waals surface area (Å²) in [5, 5.41) is 13.3. The van der Waals surface area contributed by atoms with E-state index in [0.717, 1.165) is 36.4 Å². The number of para-hydroxylation sites is 1. The van der Waals surface area contributed by atoms with Gasteiger partial charge in [0.1, 0.15) is 0 Å². The van der Waals surface area contributed by atoms with E-state index in [9.17, 15) is 9.90 Å². The number of nitrogens with zero attached hydrogens (tertiary/aromatic N) is 2. The van der Waals surface area contributed by atoms with Crippen LogP contribution in [0.5, 0.6) is 0 Å². The lowest BCUT2D eigenvalue weighted by molar-refractivity contribution is 0.152. The minimum absolute atomic E-state index is 0.147. The zero-order valence-corrected chi connectivity index (χ0v) is 16.7. The molecule has 1 heterocycles. The number of likely N-dealkylation sites (tertiary alicyclic amines) is 1. The summed E-state index contributed by atoms with van der Waals surface area (Å²) >= 11 is 0. The summed E-state index contributed by atoms with van der Waals surface area (Å²) in [6.45, 7) is 3.60. The van der Waals surface area contributed by atoms with Gasteiger partial charge in [-0.15, -0.1) is 0 Å². The number of carbonyl (C=O) groups is 1. The summed E-state index contributed by atoms with van der Waals surface area (Å²) < 4.78 is 0. The molecule has 28 heavy (non-hydrogen) atoms. The van der Waals surface area contributed by atoms with Crippen molar-refractivity contribution in [2.75, 3.05) is 32.0 Å². The van der Waals surface area contributed by atoms with E-state index in [4.69, 9.17) is 0 Å². The second-order valence-electron chi connectivity index (χ2n) is 7.56. The fourth-order valence-corrected chi connectivity index (χ4v) is 3.61. The number of rotatable bonds is 7. The van der Waals surface area contributed by atoms with Crippen LogP contribution in [0.25, 0.3) is 0 Å². The summed E-state index contributed by atoms with van der Waals surface area (Å²) in [5.41, 5.74) is 2.90. The highest BCUT2D eigenvalue weighted by molar-refractivity contribution is 5.90. The Balaban J connectivity index is 1.53. The van der Waals surface area contributed by atoms with Gasteiger partial charge in [-0.3, -0.25) is 4.90 Å². The third-order valence-corrected chi connectivity index (χ3v) is 5.37. The van der Waals surface area contributed by atoms with Crippen molar-refractivity contribution in [2.45, 2.75) is 38.3 Å². The summed E-state index contributed by atoms with van der Waals surface area (Å²) in [6, 6.07) is 17.4. The highest BCUT2D eigenvalue weighted by Gasteiger charge is 2.16. The first-order valence-corrected chi connectivity index (χ1v) is 10.2. The highest BCUT2D eigenvalue weighted by atomic mass is 16.3. The molecule has 1 aliphatic rings. The average Bonchev–Trinajstić information content (AvgIpc) is 2.74. The minimum atomic E-state index is -0.567. The van der Waals surface area contributed by atoms with E-state index in [2.05, 4.69) is 16.3 Å². The second kappa shape index (κ2) is 10.2. The molecule has 0 unspecified atom stereocenters. The van der Waals surface area contributed by atoms with E-state index < -0.39 is 6.10 Å². The van der Waals surface area contributed by atoms with Gasteiger partial charge in [0.25, 0.3) is 0 Å². The number of amides is 2. The van der Waals surface area contributed by atoms with Crippen LogP contribution in [0.4, 0.5) is 10.5 Å². The van der Waals surface area contributed by atoms with Gasteiger partial charge in [0, 0.05) is 25.8 Å². The number of aliphatic hydroxyl groups is 1. The van der Waals surface area contributed by atoms with Crippen molar-refractivity contribution in [3.05, 3.63) is 65.7 Å². The third kappa shape index (κ3) is 5.81. The molecule has 0 aromatic heterocycles. The largest absolute Gasteiger partial charge is 0.388 e. The number of benzene rings is 2. The van der Waals surface area contributed by atoms with E-state index in [1.54, 1.807) is 11.9 Å². The Morgan fingerprint density at radius 1 is 1.07 bits per heavy atom. The molecule has 0 aliphatic carbocycles. The normalized spacial score (nSPS) is 15.8. The molecule has 2 aromatic rings. The monoisotopic (exact) mass is 381 g/mol. The van der Waals surface area contributed by atoms with Gasteiger partial charge in [-0.2, -0.15) is 0 Å². The summed E-state index contributed by atoms with van der Waals surface area (Å²) in [5.74, 6) is 0. The topological polar surface area (TPSA) is 55.8 Å². The number of piperidine rings is 1. The van der Waals surface area contributed by atoms with Gasteiger partial charge in [0.2, 0.25) is 0 Å². The van der Waals surface area contributed by atoms with Crippen molar-refractivity contribution in [1.82, 2.24) is 9.80 Å². The van der Waals surface area contributed by atoms with Gasteiger partial charge in [-0.1, -0.05) is 55.0 Å². The molecule has 2 amide bonds. The number of nitrogens with one attached hydrogen (secondary N) is 1. The molecule has 150 valence electrons. The molecule has 1 aliphatic heterocycles. The molecule has 1 fully saturated rings. The first-order valence-electron chi connectivity index (χ1n) is 10.2. The Bertz CT molecular complexity index is 745. The Morgan fingerprint density at radius 2 is 1.75 bits per heavy atom. The van der Waals surface area contributed by atoms with Gasteiger partial charge in [-0.05, 0) is 49.5 Å². The highest BCUT2D eigenvalue weighted by Crippen LogP contribution is 2.21. The van der Waals surface area contributed by atoms with Gasteiger partial charge >= 0.3 is 6.03 Å². The van der Waals surface area contributed by atoms with Gasteiger partial charge in [-0.25, -0.2) is 4.79 Å². The smallest absolute Gasteiger partial charge is 0.321 e. The predicted octanol–water partition coefficient (Wildman–Crippen LogP) is 4.26. The third-order valence-electron chi connectivity index (χ3n) is 5.37. The molecule has 2 N–H and O–H groups in total. The number of hydrogen-bond acceptors (Lipinski definition) is 3. The van der Waals surface area contributed by atoms with E-state index in [1.807, 2.05) is 48.5 Å². The zero-order chi connectivity index (χ0) is 19.8. The molecule has 1 saturated heterocycles. The molecule has 0 saturated carbocycles. The van der Waals surface area contributed by atoms with E-state index in [1.165, 1.54) is 19.3 Å². The van der Waals surface area contributed by atoms with Crippen LogP contribution in [0, 0.1) is 0 Å². The van der Waals surface area contributed by atoms with Crippen LogP contribution in [-0.2, 0) is 6.54 Å². The Labute approximate surface area is 168 Å². The number of carbonyl (C=O) groups excluding carboxylic acids is 1. The molecule has 3 rings (SSSR count). The summed E-state index contributed by atoms with van der Waals surface area (Å²) in [4.78, 5) is 16.7. The van der Waals surface area contributed by atoms with Gasteiger partial charge in [0.15, 0.2) is 0 Å². The average molecular weight is 382 g/mol. The Morgan fingerprint density at radius 3 is 2.50 bits per heavy atom. The lowest BCUT2D eigenvalue weighted by atomic mass is 10.1. The lowest BCUT2D eigenvalue weighted by Crippen LogP contribution is -2.34. The molecular weight excluding hydrogens is 350 g/mol. The Hall–Kier alpha value is -2.37. The van der Waals surface area contributed by atoms with E-state index >= 15 is 0 Å².